The molecule has 0 atom stereocenters. The lowest BCUT2D eigenvalue weighted by Crippen LogP contribution is -2.05. The summed E-state index contributed by atoms with van der Waals surface area (Å²) in [6.45, 7) is 3.78. The Balaban J connectivity index is 2.07. The second kappa shape index (κ2) is 6.39. The number of ether oxygens (including phenoxy) is 1. The number of benzene rings is 1. The van der Waals surface area contributed by atoms with Gasteiger partial charge in [-0.05, 0) is 60.2 Å². The van der Waals surface area contributed by atoms with Crippen LogP contribution in [0.4, 0.5) is 10.1 Å². The van der Waals surface area contributed by atoms with Gasteiger partial charge in [-0.25, -0.2) is 9.18 Å². The molecular formula is C17H14FIN2O3. The summed E-state index contributed by atoms with van der Waals surface area (Å²) in [5.74, 6) is -1.11. The average molecular weight is 440 g/mol. The van der Waals surface area contributed by atoms with Crippen molar-refractivity contribution in [2.75, 3.05) is 11.9 Å². The molecule has 1 aliphatic rings. The van der Waals surface area contributed by atoms with Gasteiger partial charge in [0.2, 0.25) is 0 Å². The summed E-state index contributed by atoms with van der Waals surface area (Å²) >= 11 is 1.88. The molecule has 2 heterocycles. The van der Waals surface area contributed by atoms with Gasteiger partial charge in [-0.3, -0.25) is 4.79 Å². The number of halogens is 2. The molecule has 24 heavy (non-hydrogen) atoms. The monoisotopic (exact) mass is 440 g/mol. The van der Waals surface area contributed by atoms with Crippen LogP contribution in [-0.2, 0) is 9.53 Å². The summed E-state index contributed by atoms with van der Waals surface area (Å²) in [5, 5.41) is 2.72. The van der Waals surface area contributed by atoms with Gasteiger partial charge in [0.1, 0.15) is 5.82 Å². The van der Waals surface area contributed by atoms with Crippen molar-refractivity contribution in [1.29, 1.82) is 0 Å². The fraction of sp³-hybridized carbons (Fsp3) is 0.176. The van der Waals surface area contributed by atoms with Gasteiger partial charge < -0.3 is 15.0 Å². The first-order valence-electron chi connectivity index (χ1n) is 7.30. The summed E-state index contributed by atoms with van der Waals surface area (Å²) in [6.07, 6.45) is 3.17. The van der Waals surface area contributed by atoms with E-state index in [0.29, 0.717) is 37.2 Å². The van der Waals surface area contributed by atoms with Crippen LogP contribution in [0.2, 0.25) is 0 Å². The molecule has 1 aromatic carbocycles. The molecule has 7 heteroatoms. The van der Waals surface area contributed by atoms with Gasteiger partial charge in [-0.1, -0.05) is 0 Å². The predicted octanol–water partition coefficient (Wildman–Crippen LogP) is 3.74. The molecule has 1 aromatic heterocycles. The molecule has 1 amide bonds. The Morgan fingerprint density at radius 3 is 2.88 bits per heavy atom. The quantitative estimate of drug-likeness (QED) is 0.434. The number of esters is 1. The van der Waals surface area contributed by atoms with E-state index in [1.165, 1.54) is 12.1 Å². The zero-order valence-electron chi connectivity index (χ0n) is 13.0. The number of aromatic amines is 1. The second-order valence-corrected chi connectivity index (χ2v) is 6.34. The zero-order chi connectivity index (χ0) is 17.4. The van der Waals surface area contributed by atoms with Crippen LogP contribution in [0.25, 0.3) is 11.6 Å². The molecule has 1 aliphatic heterocycles. The van der Waals surface area contributed by atoms with Gasteiger partial charge in [0.25, 0.3) is 5.91 Å². The van der Waals surface area contributed by atoms with E-state index in [2.05, 4.69) is 10.3 Å². The van der Waals surface area contributed by atoms with Crippen molar-refractivity contribution in [2.45, 2.75) is 13.8 Å². The number of aromatic nitrogens is 1. The minimum absolute atomic E-state index is 0.285. The number of anilines is 1. The molecule has 2 aromatic rings. The third kappa shape index (κ3) is 2.72. The van der Waals surface area contributed by atoms with Crippen LogP contribution in [-0.4, -0.2) is 23.5 Å². The lowest BCUT2D eigenvalue weighted by molar-refractivity contribution is -0.110. The lowest BCUT2D eigenvalue weighted by atomic mass is 10.0. The minimum atomic E-state index is -0.423. The molecule has 5 nitrogen and oxygen atoms in total. The Hall–Kier alpha value is -2.16. The summed E-state index contributed by atoms with van der Waals surface area (Å²) in [6, 6.07) is 2.86. The van der Waals surface area contributed by atoms with Crippen molar-refractivity contribution < 1.29 is 18.7 Å². The van der Waals surface area contributed by atoms with Crippen molar-refractivity contribution >= 4 is 51.8 Å². The van der Waals surface area contributed by atoms with Crippen molar-refractivity contribution in [2.24, 2.45) is 0 Å². The highest BCUT2D eigenvalue weighted by Gasteiger charge is 2.28. The average Bonchev–Trinajstić information content (AvgIpc) is 3.06. The SMILES string of the molecule is CCOC(=O)c1c[nH]c(C=C2C(=O)Nc3ccc(F)c(I)c32)c1C. The molecule has 0 radical (unpaired) electrons. The highest BCUT2D eigenvalue weighted by Crippen LogP contribution is 2.37. The molecule has 0 spiro atoms. The van der Waals surface area contributed by atoms with Gasteiger partial charge in [0.15, 0.2) is 0 Å². The van der Waals surface area contributed by atoms with Gasteiger partial charge in [0, 0.05) is 17.5 Å². The fourth-order valence-corrected chi connectivity index (χ4v) is 3.35. The molecule has 0 aliphatic carbocycles. The Kier molecular flexibility index (Phi) is 4.44. The number of carbonyl (C=O) groups excluding carboxylic acids is 2. The van der Waals surface area contributed by atoms with E-state index in [0.717, 1.165) is 0 Å². The van der Waals surface area contributed by atoms with E-state index >= 15 is 0 Å². The van der Waals surface area contributed by atoms with Crippen molar-refractivity contribution in [3.63, 3.8) is 0 Å². The molecular weight excluding hydrogens is 426 g/mol. The topological polar surface area (TPSA) is 71.2 Å². The largest absolute Gasteiger partial charge is 0.462 e. The number of H-pyrrole nitrogens is 1. The first-order valence-corrected chi connectivity index (χ1v) is 8.38. The third-order valence-corrected chi connectivity index (χ3v) is 4.88. The molecule has 0 saturated heterocycles. The van der Waals surface area contributed by atoms with Crippen molar-refractivity contribution in [1.82, 2.24) is 4.98 Å². The fourth-order valence-electron chi connectivity index (χ4n) is 2.59. The standard InChI is InChI=1S/C17H14FIN2O3/c1-3-24-17(23)10-7-20-13(8(10)2)6-9-14-12(21-16(9)22)5-4-11(18)15(14)19/h4-7,20H,3H2,1-2H3,(H,21,22). The minimum Gasteiger partial charge on any atom is -0.462 e. The maximum absolute atomic E-state index is 13.8. The van der Waals surface area contributed by atoms with E-state index in [1.54, 1.807) is 26.1 Å². The number of hydrogen-bond donors (Lipinski definition) is 2. The highest BCUT2D eigenvalue weighted by molar-refractivity contribution is 14.1. The number of carbonyl (C=O) groups is 2. The molecule has 2 N–H and O–H groups in total. The number of hydrogen-bond acceptors (Lipinski definition) is 3. The second-order valence-electron chi connectivity index (χ2n) is 5.26. The molecule has 124 valence electrons. The van der Waals surface area contributed by atoms with Crippen molar-refractivity contribution in [3.8, 4) is 0 Å². The van der Waals surface area contributed by atoms with E-state index in [9.17, 15) is 14.0 Å². The van der Waals surface area contributed by atoms with E-state index in [4.69, 9.17) is 4.74 Å². The number of rotatable bonds is 3. The van der Waals surface area contributed by atoms with E-state index < -0.39 is 5.97 Å². The van der Waals surface area contributed by atoms with Crippen LogP contribution in [0.3, 0.4) is 0 Å². The van der Waals surface area contributed by atoms with Crippen LogP contribution >= 0.6 is 22.6 Å². The maximum atomic E-state index is 13.8. The van der Waals surface area contributed by atoms with Crippen molar-refractivity contribution in [3.05, 3.63) is 50.1 Å². The normalized spacial score (nSPS) is 14.7. The molecule has 3 rings (SSSR count). The Morgan fingerprint density at radius 1 is 1.42 bits per heavy atom. The Labute approximate surface area is 151 Å². The highest BCUT2D eigenvalue weighted by atomic mass is 127. The van der Waals surface area contributed by atoms with Crippen LogP contribution in [0.15, 0.2) is 18.3 Å². The molecule has 0 saturated carbocycles. The zero-order valence-corrected chi connectivity index (χ0v) is 15.2. The van der Waals surface area contributed by atoms with E-state index in [1.807, 2.05) is 22.6 Å². The Bertz CT molecular complexity index is 886. The maximum Gasteiger partial charge on any atom is 0.339 e. The smallest absolute Gasteiger partial charge is 0.339 e. The summed E-state index contributed by atoms with van der Waals surface area (Å²) in [5.41, 5.74) is 3.16. The van der Waals surface area contributed by atoms with Gasteiger partial charge >= 0.3 is 5.97 Å². The van der Waals surface area contributed by atoms with Gasteiger partial charge in [0.05, 0.1) is 27.0 Å². The molecule has 0 unspecified atom stereocenters. The summed E-state index contributed by atoms with van der Waals surface area (Å²) < 4.78 is 19.2. The summed E-state index contributed by atoms with van der Waals surface area (Å²) in [7, 11) is 0. The van der Waals surface area contributed by atoms with Gasteiger partial charge in [-0.15, -0.1) is 0 Å². The first kappa shape index (κ1) is 16.7. The van der Waals surface area contributed by atoms with Crippen LogP contribution < -0.4 is 5.32 Å². The third-order valence-electron chi connectivity index (χ3n) is 3.82. The van der Waals surface area contributed by atoms with Crippen LogP contribution in [0.1, 0.15) is 34.1 Å². The number of fused-ring (bicyclic) bond motifs is 1. The summed E-state index contributed by atoms with van der Waals surface area (Å²) in [4.78, 5) is 27.1. The Morgan fingerprint density at radius 2 is 2.17 bits per heavy atom. The molecule has 0 bridgehead atoms. The van der Waals surface area contributed by atoms with Crippen LogP contribution in [0, 0.1) is 16.3 Å². The van der Waals surface area contributed by atoms with Crippen LogP contribution in [0.5, 0.6) is 0 Å². The van der Waals surface area contributed by atoms with E-state index in [-0.39, 0.29) is 18.3 Å². The number of nitrogens with one attached hydrogen (secondary N) is 2. The first-order chi connectivity index (χ1) is 11.4. The number of amides is 1. The molecule has 0 fully saturated rings. The van der Waals surface area contributed by atoms with Gasteiger partial charge in [-0.2, -0.15) is 0 Å². The lowest BCUT2D eigenvalue weighted by Gasteiger charge is -2.04. The predicted molar refractivity (Wildman–Crippen MR) is 97.1 cm³/mol.